The van der Waals surface area contributed by atoms with E-state index in [0.29, 0.717) is 21.2 Å². The number of benzene rings is 5. The Kier molecular flexibility index (Phi) is 8.10. The summed E-state index contributed by atoms with van der Waals surface area (Å²) in [4.78, 5) is 13.2. The fourth-order valence-corrected chi connectivity index (χ4v) is 6.31. The molecule has 0 unspecified atom stereocenters. The van der Waals surface area contributed by atoms with Gasteiger partial charge in [-0.2, -0.15) is 0 Å². The van der Waals surface area contributed by atoms with E-state index in [0.717, 1.165) is 62.9 Å². The van der Waals surface area contributed by atoms with Crippen molar-refractivity contribution in [3.8, 4) is 44.5 Å². The van der Waals surface area contributed by atoms with Crippen molar-refractivity contribution < 1.29 is 9.53 Å². The standard InChI is InChI=1S/C38H28Cl2O2/c1-42-38(41)31-24-29(39)22-23-30(31)36-34(27-18-10-4-11-19-27)32(25-14-6-2-7-15-25)33(26-16-8-3-9-17-26)35(37(36)40)28-20-12-5-13-21-28/h2,4-8,10-24H,3,9H2,1H3. The van der Waals surface area contributed by atoms with Gasteiger partial charge in [0.2, 0.25) is 0 Å². The maximum Gasteiger partial charge on any atom is 0.338 e. The average molecular weight is 588 g/mol. The lowest BCUT2D eigenvalue weighted by Gasteiger charge is -2.27. The minimum atomic E-state index is -0.480. The maximum absolute atomic E-state index is 13.2. The number of halogens is 2. The molecule has 1 aliphatic rings. The molecule has 0 heterocycles. The van der Waals surface area contributed by atoms with Crippen LogP contribution in [0.1, 0.15) is 28.8 Å². The Morgan fingerprint density at radius 3 is 1.71 bits per heavy atom. The van der Waals surface area contributed by atoms with E-state index < -0.39 is 5.97 Å². The van der Waals surface area contributed by atoms with Crippen molar-refractivity contribution in [3.05, 3.63) is 149 Å². The van der Waals surface area contributed by atoms with Gasteiger partial charge in [-0.15, -0.1) is 0 Å². The quantitative estimate of drug-likeness (QED) is 0.185. The smallest absolute Gasteiger partial charge is 0.338 e. The number of esters is 1. The van der Waals surface area contributed by atoms with Gasteiger partial charge < -0.3 is 4.74 Å². The number of carbonyl (C=O) groups excluding carboxylic acids is 1. The van der Waals surface area contributed by atoms with Crippen LogP contribution in [0.5, 0.6) is 0 Å². The van der Waals surface area contributed by atoms with Crippen molar-refractivity contribution in [2.75, 3.05) is 7.11 Å². The largest absolute Gasteiger partial charge is 0.465 e. The molecule has 1 aliphatic carbocycles. The first-order valence-corrected chi connectivity index (χ1v) is 14.6. The number of hydrogen-bond donors (Lipinski definition) is 0. The third-order valence-corrected chi connectivity index (χ3v) is 8.18. The lowest BCUT2D eigenvalue weighted by molar-refractivity contribution is 0.0601. The minimum absolute atomic E-state index is 0.353. The molecule has 42 heavy (non-hydrogen) atoms. The fraction of sp³-hybridized carbons (Fsp3) is 0.0789. The van der Waals surface area contributed by atoms with Crippen LogP contribution >= 0.6 is 23.2 Å². The van der Waals surface area contributed by atoms with Crippen molar-refractivity contribution >= 4 is 34.7 Å². The SMILES string of the molecule is COC(=O)c1cc(Cl)ccc1-c1c(Cl)c(-c2ccccc2)c(C2=CCCC=C2)c(-c2ccccc2)c1-c1ccccc1. The molecular formula is C38H28Cl2O2. The Labute approximate surface area is 256 Å². The van der Waals surface area contributed by atoms with E-state index in [1.165, 1.54) is 7.11 Å². The third kappa shape index (κ3) is 5.20. The summed E-state index contributed by atoms with van der Waals surface area (Å²) in [5.74, 6) is -0.480. The number of ether oxygens (including phenoxy) is 1. The lowest BCUT2D eigenvalue weighted by Crippen LogP contribution is -2.07. The summed E-state index contributed by atoms with van der Waals surface area (Å²) in [5, 5.41) is 0.999. The van der Waals surface area contributed by atoms with Gasteiger partial charge >= 0.3 is 5.97 Å². The zero-order valence-corrected chi connectivity index (χ0v) is 24.6. The van der Waals surface area contributed by atoms with Crippen molar-refractivity contribution in [3.63, 3.8) is 0 Å². The second-order valence-corrected chi connectivity index (χ2v) is 10.9. The number of methoxy groups -OCH3 is 1. The van der Waals surface area contributed by atoms with Crippen LogP contribution in [0.2, 0.25) is 10.0 Å². The summed E-state index contributed by atoms with van der Waals surface area (Å²) in [6.45, 7) is 0. The van der Waals surface area contributed by atoms with E-state index in [1.807, 2.05) is 48.5 Å². The lowest BCUT2D eigenvalue weighted by atomic mass is 9.77. The molecule has 4 heteroatoms. The van der Waals surface area contributed by atoms with Crippen LogP contribution in [0, 0.1) is 0 Å². The number of hydrogen-bond acceptors (Lipinski definition) is 2. The van der Waals surface area contributed by atoms with E-state index in [1.54, 1.807) is 12.1 Å². The number of allylic oxidation sites excluding steroid dienone is 4. The Balaban J connectivity index is 1.89. The summed E-state index contributed by atoms with van der Waals surface area (Å²) < 4.78 is 5.23. The van der Waals surface area contributed by atoms with Gasteiger partial charge in [-0.25, -0.2) is 4.79 Å². The molecule has 0 fully saturated rings. The van der Waals surface area contributed by atoms with E-state index in [4.69, 9.17) is 27.9 Å². The first kappa shape index (κ1) is 27.8. The van der Waals surface area contributed by atoms with Crippen LogP contribution < -0.4 is 0 Å². The molecule has 0 saturated carbocycles. The zero-order chi connectivity index (χ0) is 29.1. The van der Waals surface area contributed by atoms with Gasteiger partial charge in [0.1, 0.15) is 0 Å². The first-order chi connectivity index (χ1) is 20.6. The highest BCUT2D eigenvalue weighted by Crippen LogP contribution is 2.54. The van der Waals surface area contributed by atoms with Gasteiger partial charge in [0.15, 0.2) is 0 Å². The highest BCUT2D eigenvalue weighted by Gasteiger charge is 2.30. The molecule has 206 valence electrons. The summed E-state index contributed by atoms with van der Waals surface area (Å²) in [6, 6.07) is 36.1. The summed E-state index contributed by atoms with van der Waals surface area (Å²) in [7, 11) is 1.38. The topological polar surface area (TPSA) is 26.3 Å². The molecule has 0 spiro atoms. The van der Waals surface area contributed by atoms with Crippen LogP contribution in [0.4, 0.5) is 0 Å². The molecule has 0 atom stereocenters. The van der Waals surface area contributed by atoms with Crippen LogP contribution in [0.3, 0.4) is 0 Å². The van der Waals surface area contributed by atoms with Crippen LogP contribution in [0.15, 0.2) is 127 Å². The van der Waals surface area contributed by atoms with Crippen molar-refractivity contribution in [1.29, 1.82) is 0 Å². The molecule has 0 radical (unpaired) electrons. The molecule has 0 N–H and O–H groups in total. The number of carbonyl (C=O) groups is 1. The Bertz CT molecular complexity index is 1820. The highest BCUT2D eigenvalue weighted by molar-refractivity contribution is 6.39. The van der Waals surface area contributed by atoms with Gasteiger partial charge in [0.25, 0.3) is 0 Å². The second kappa shape index (κ2) is 12.2. The molecular weight excluding hydrogens is 559 g/mol. The second-order valence-electron chi connectivity index (χ2n) is 10.1. The van der Waals surface area contributed by atoms with Gasteiger partial charge in [0, 0.05) is 16.1 Å². The maximum atomic E-state index is 13.2. The minimum Gasteiger partial charge on any atom is -0.465 e. The first-order valence-electron chi connectivity index (χ1n) is 13.9. The average Bonchev–Trinajstić information content (AvgIpc) is 3.05. The van der Waals surface area contributed by atoms with E-state index in [-0.39, 0.29) is 0 Å². The summed E-state index contributed by atoms with van der Waals surface area (Å²) >= 11 is 14.1. The highest BCUT2D eigenvalue weighted by atomic mass is 35.5. The van der Waals surface area contributed by atoms with Crippen LogP contribution in [0.25, 0.3) is 50.1 Å². The summed E-state index contributed by atoms with van der Waals surface area (Å²) in [5.41, 5.74) is 9.86. The van der Waals surface area contributed by atoms with Gasteiger partial charge in [-0.3, -0.25) is 0 Å². The van der Waals surface area contributed by atoms with Crippen LogP contribution in [-0.4, -0.2) is 13.1 Å². The Hall–Kier alpha value is -4.37. The molecule has 0 amide bonds. The Morgan fingerprint density at radius 2 is 1.19 bits per heavy atom. The molecule has 5 aromatic rings. The molecule has 2 nitrogen and oxygen atoms in total. The zero-order valence-electron chi connectivity index (χ0n) is 23.1. The van der Waals surface area contributed by atoms with Crippen molar-refractivity contribution in [2.45, 2.75) is 12.8 Å². The molecule has 0 saturated heterocycles. The number of rotatable bonds is 6. The van der Waals surface area contributed by atoms with Gasteiger partial charge in [-0.1, -0.05) is 138 Å². The Morgan fingerprint density at radius 1 is 0.643 bits per heavy atom. The molecule has 6 rings (SSSR count). The molecule has 5 aromatic carbocycles. The fourth-order valence-electron chi connectivity index (χ4n) is 5.74. The molecule has 0 aliphatic heterocycles. The predicted octanol–water partition coefficient (Wildman–Crippen LogP) is 11.2. The normalized spacial score (nSPS) is 12.6. The predicted molar refractivity (Wildman–Crippen MR) is 176 cm³/mol. The van der Waals surface area contributed by atoms with Gasteiger partial charge in [-0.05, 0) is 69.5 Å². The van der Waals surface area contributed by atoms with E-state index in [9.17, 15) is 4.79 Å². The van der Waals surface area contributed by atoms with Crippen LogP contribution in [-0.2, 0) is 4.74 Å². The molecule has 0 aromatic heterocycles. The summed E-state index contributed by atoms with van der Waals surface area (Å²) in [6.07, 6.45) is 8.65. The molecule has 0 bridgehead atoms. The van der Waals surface area contributed by atoms with E-state index in [2.05, 4.69) is 66.8 Å². The van der Waals surface area contributed by atoms with E-state index >= 15 is 0 Å². The van der Waals surface area contributed by atoms with Crippen molar-refractivity contribution in [2.24, 2.45) is 0 Å². The monoisotopic (exact) mass is 586 g/mol. The van der Waals surface area contributed by atoms with Crippen molar-refractivity contribution in [1.82, 2.24) is 0 Å². The third-order valence-electron chi connectivity index (χ3n) is 7.57. The van der Waals surface area contributed by atoms with Gasteiger partial charge in [0.05, 0.1) is 17.7 Å².